The van der Waals surface area contributed by atoms with Crippen LogP contribution in [0.2, 0.25) is 0 Å². The first-order chi connectivity index (χ1) is 12.1. The number of benzene rings is 1. The van der Waals surface area contributed by atoms with E-state index in [1.807, 2.05) is 13.8 Å². The van der Waals surface area contributed by atoms with Crippen LogP contribution in [0.3, 0.4) is 0 Å². The number of rotatable bonds is 11. The zero-order chi connectivity index (χ0) is 18.5. The van der Waals surface area contributed by atoms with Crippen LogP contribution in [0, 0.1) is 11.8 Å². The van der Waals surface area contributed by atoms with E-state index in [0.29, 0.717) is 18.0 Å². The molecule has 0 unspecified atom stereocenters. The van der Waals surface area contributed by atoms with Gasteiger partial charge in [-0.15, -0.1) is 0 Å². The van der Waals surface area contributed by atoms with E-state index in [1.54, 1.807) is 28.6 Å². The predicted molar refractivity (Wildman–Crippen MR) is 103 cm³/mol. The van der Waals surface area contributed by atoms with Gasteiger partial charge in [0.2, 0.25) is 10.0 Å². The van der Waals surface area contributed by atoms with Crippen LogP contribution in [0.1, 0.15) is 64.4 Å². The molecule has 0 saturated heterocycles. The summed E-state index contributed by atoms with van der Waals surface area (Å²) in [5, 5.41) is 8.72. The first-order valence-corrected chi connectivity index (χ1v) is 10.7. The Labute approximate surface area is 153 Å². The van der Waals surface area contributed by atoms with Crippen LogP contribution in [0.25, 0.3) is 0 Å². The van der Waals surface area contributed by atoms with Crippen molar-refractivity contribution in [3.8, 4) is 11.8 Å². The Kier molecular flexibility index (Phi) is 10.5. The first-order valence-electron chi connectivity index (χ1n) is 9.26. The summed E-state index contributed by atoms with van der Waals surface area (Å²) in [7, 11) is -3.42. The van der Waals surface area contributed by atoms with Crippen molar-refractivity contribution in [3.63, 3.8) is 0 Å². The van der Waals surface area contributed by atoms with Gasteiger partial charge in [-0.25, -0.2) is 8.42 Å². The summed E-state index contributed by atoms with van der Waals surface area (Å²) in [5.41, 5.74) is 0.840. The molecule has 1 aromatic carbocycles. The zero-order valence-electron chi connectivity index (χ0n) is 15.5. The molecule has 0 spiro atoms. The van der Waals surface area contributed by atoms with E-state index in [1.165, 1.54) is 0 Å². The lowest BCUT2D eigenvalue weighted by Gasteiger charge is -2.20. The van der Waals surface area contributed by atoms with E-state index in [-0.39, 0.29) is 6.61 Å². The molecule has 0 bridgehead atoms. The highest BCUT2D eigenvalue weighted by Gasteiger charge is 2.22. The van der Waals surface area contributed by atoms with Crippen LogP contribution >= 0.6 is 0 Å². The van der Waals surface area contributed by atoms with E-state index >= 15 is 0 Å². The van der Waals surface area contributed by atoms with Crippen molar-refractivity contribution in [2.75, 3.05) is 19.7 Å². The molecule has 0 aromatic heterocycles. The molecule has 0 aliphatic rings. The Morgan fingerprint density at radius 2 is 1.56 bits per heavy atom. The maximum Gasteiger partial charge on any atom is 0.243 e. The number of hydrogen-bond donors (Lipinski definition) is 1. The SMILES string of the molecule is CCCN(CCC)S(=O)(=O)c1ccc(C#CCCCCCCO)cc1. The fraction of sp³-hybridized carbons (Fsp3) is 0.600. The molecule has 1 N–H and O–H groups in total. The number of aliphatic hydroxyl groups excluding tert-OH is 1. The van der Waals surface area contributed by atoms with Crippen LogP contribution in [-0.4, -0.2) is 37.5 Å². The molecule has 0 saturated carbocycles. The molecule has 0 atom stereocenters. The van der Waals surface area contributed by atoms with Crippen molar-refractivity contribution in [2.24, 2.45) is 0 Å². The van der Waals surface area contributed by atoms with Crippen LogP contribution in [0.5, 0.6) is 0 Å². The second-order valence-corrected chi connectivity index (χ2v) is 8.06. The Morgan fingerprint density at radius 1 is 0.960 bits per heavy atom. The third kappa shape index (κ3) is 7.60. The van der Waals surface area contributed by atoms with Gasteiger partial charge in [-0.2, -0.15) is 4.31 Å². The maximum absolute atomic E-state index is 12.7. The maximum atomic E-state index is 12.7. The Hall–Kier alpha value is -1.35. The molecule has 25 heavy (non-hydrogen) atoms. The number of unbranched alkanes of at least 4 members (excludes halogenated alkanes) is 4. The zero-order valence-corrected chi connectivity index (χ0v) is 16.3. The largest absolute Gasteiger partial charge is 0.396 e. The highest BCUT2D eigenvalue weighted by molar-refractivity contribution is 7.89. The minimum absolute atomic E-state index is 0.259. The van der Waals surface area contributed by atoms with E-state index in [0.717, 1.165) is 50.5 Å². The van der Waals surface area contributed by atoms with Crippen LogP contribution in [0.15, 0.2) is 29.2 Å². The van der Waals surface area contributed by atoms with Gasteiger partial charge >= 0.3 is 0 Å². The fourth-order valence-electron chi connectivity index (χ4n) is 2.55. The summed E-state index contributed by atoms with van der Waals surface area (Å²) in [4.78, 5) is 0.337. The quantitative estimate of drug-likeness (QED) is 0.479. The van der Waals surface area contributed by atoms with E-state index in [9.17, 15) is 8.42 Å². The van der Waals surface area contributed by atoms with Crippen molar-refractivity contribution >= 4 is 10.0 Å². The molecular weight excluding hydrogens is 334 g/mol. The number of nitrogens with zero attached hydrogens (tertiary/aromatic N) is 1. The Morgan fingerprint density at radius 3 is 2.12 bits per heavy atom. The van der Waals surface area contributed by atoms with Gasteiger partial charge in [0, 0.05) is 31.7 Å². The molecule has 0 aliphatic carbocycles. The topological polar surface area (TPSA) is 57.6 Å². The lowest BCUT2D eigenvalue weighted by Crippen LogP contribution is -2.32. The van der Waals surface area contributed by atoms with Crippen molar-refractivity contribution < 1.29 is 13.5 Å². The summed E-state index contributed by atoms with van der Waals surface area (Å²) in [6, 6.07) is 6.86. The Bertz CT molecular complexity index is 636. The summed E-state index contributed by atoms with van der Waals surface area (Å²) in [6.45, 7) is 5.33. The average Bonchev–Trinajstić information content (AvgIpc) is 2.61. The molecule has 0 fully saturated rings. The molecule has 1 rings (SSSR count). The predicted octanol–water partition coefficient (Wildman–Crippen LogP) is 3.79. The van der Waals surface area contributed by atoms with E-state index in [2.05, 4.69) is 11.8 Å². The molecule has 140 valence electrons. The van der Waals surface area contributed by atoms with E-state index in [4.69, 9.17) is 5.11 Å². The van der Waals surface area contributed by atoms with Crippen LogP contribution in [-0.2, 0) is 10.0 Å². The van der Waals surface area contributed by atoms with Gasteiger partial charge in [0.05, 0.1) is 4.90 Å². The number of aliphatic hydroxyl groups is 1. The monoisotopic (exact) mass is 365 g/mol. The van der Waals surface area contributed by atoms with Crippen molar-refractivity contribution in [2.45, 2.75) is 63.7 Å². The van der Waals surface area contributed by atoms with Crippen molar-refractivity contribution in [1.82, 2.24) is 4.31 Å². The van der Waals surface area contributed by atoms with Gasteiger partial charge in [0.15, 0.2) is 0 Å². The Balaban J connectivity index is 2.66. The normalized spacial score (nSPS) is 11.4. The third-order valence-electron chi connectivity index (χ3n) is 3.88. The van der Waals surface area contributed by atoms with Gasteiger partial charge in [0.1, 0.15) is 0 Å². The van der Waals surface area contributed by atoms with Gasteiger partial charge in [-0.1, -0.05) is 38.5 Å². The molecule has 0 aliphatic heterocycles. The summed E-state index contributed by atoms with van der Waals surface area (Å²) in [5.74, 6) is 6.21. The van der Waals surface area contributed by atoms with Crippen LogP contribution < -0.4 is 0 Å². The second-order valence-electron chi connectivity index (χ2n) is 6.12. The molecule has 1 aromatic rings. The molecular formula is C20H31NO3S. The average molecular weight is 366 g/mol. The minimum Gasteiger partial charge on any atom is -0.396 e. The lowest BCUT2D eigenvalue weighted by atomic mass is 10.1. The highest BCUT2D eigenvalue weighted by Crippen LogP contribution is 2.17. The van der Waals surface area contributed by atoms with Gasteiger partial charge in [-0.3, -0.25) is 0 Å². The molecule has 0 amide bonds. The first kappa shape index (κ1) is 21.7. The molecule has 4 nitrogen and oxygen atoms in total. The summed E-state index contributed by atoms with van der Waals surface area (Å²) < 4.78 is 26.9. The van der Waals surface area contributed by atoms with E-state index < -0.39 is 10.0 Å². The fourth-order valence-corrected chi connectivity index (χ4v) is 4.18. The van der Waals surface area contributed by atoms with Crippen LogP contribution in [0.4, 0.5) is 0 Å². The summed E-state index contributed by atoms with van der Waals surface area (Å²) >= 11 is 0. The second kappa shape index (κ2) is 12.1. The van der Waals surface area contributed by atoms with Crippen molar-refractivity contribution in [3.05, 3.63) is 29.8 Å². The van der Waals surface area contributed by atoms with Crippen molar-refractivity contribution in [1.29, 1.82) is 0 Å². The number of hydrogen-bond acceptors (Lipinski definition) is 3. The molecule has 0 radical (unpaired) electrons. The molecule has 0 heterocycles. The highest BCUT2D eigenvalue weighted by atomic mass is 32.2. The molecule has 5 heteroatoms. The van der Waals surface area contributed by atoms with Gasteiger partial charge in [-0.05, 0) is 49.9 Å². The summed E-state index contributed by atoms with van der Waals surface area (Å²) in [6.07, 6.45) is 6.45. The lowest BCUT2D eigenvalue weighted by molar-refractivity contribution is 0.282. The third-order valence-corrected chi connectivity index (χ3v) is 5.79. The standard InChI is InChI=1S/C20H31NO3S/c1-3-16-21(17-4-2)25(23,24)20-14-12-19(13-15-20)11-9-7-5-6-8-10-18-22/h12-15,22H,3-8,10,16-18H2,1-2H3. The van der Waals surface area contributed by atoms with Gasteiger partial charge < -0.3 is 5.11 Å². The smallest absolute Gasteiger partial charge is 0.243 e. The minimum atomic E-state index is -3.42. The number of sulfonamides is 1. The van der Waals surface area contributed by atoms with Gasteiger partial charge in [0.25, 0.3) is 0 Å².